The number of carbonyl (C=O) groups is 1. The van der Waals surface area contributed by atoms with Crippen LogP contribution < -0.4 is 11.1 Å². The van der Waals surface area contributed by atoms with Gasteiger partial charge < -0.3 is 11.1 Å². The fourth-order valence-electron chi connectivity index (χ4n) is 2.07. The van der Waals surface area contributed by atoms with Gasteiger partial charge in [-0.15, -0.1) is 0 Å². The highest BCUT2D eigenvalue weighted by Gasteiger charge is 2.23. The molecule has 1 aromatic carbocycles. The molecule has 0 bridgehead atoms. The first-order valence-electron chi connectivity index (χ1n) is 6.83. The lowest BCUT2D eigenvalue weighted by atomic mass is 10.1. The summed E-state index contributed by atoms with van der Waals surface area (Å²) in [6.07, 6.45) is 0. The number of carbonyl (C=O) groups excluding carboxylic acids is 1. The second-order valence-corrected chi connectivity index (χ2v) is 5.08. The van der Waals surface area contributed by atoms with Crippen LogP contribution >= 0.6 is 0 Å². The predicted octanol–water partition coefficient (Wildman–Crippen LogP) is 2.00. The molecule has 0 aromatic heterocycles. The number of likely N-dealkylation sites (N-methyl/N-ethyl adjacent to an activating group) is 1. The van der Waals surface area contributed by atoms with Crippen LogP contribution in [0, 0.1) is 0 Å². The second kappa shape index (κ2) is 7.14. The Morgan fingerprint density at radius 2 is 1.84 bits per heavy atom. The zero-order valence-electron chi connectivity index (χ0n) is 12.3. The van der Waals surface area contributed by atoms with E-state index in [0.29, 0.717) is 12.6 Å². The average molecular weight is 263 g/mol. The van der Waals surface area contributed by atoms with E-state index in [0.717, 1.165) is 12.2 Å². The molecule has 4 nitrogen and oxygen atoms in total. The van der Waals surface area contributed by atoms with Gasteiger partial charge in [0, 0.05) is 24.8 Å². The lowest BCUT2D eigenvalue weighted by Gasteiger charge is -2.31. The van der Waals surface area contributed by atoms with Gasteiger partial charge in [0.1, 0.15) is 0 Å². The van der Waals surface area contributed by atoms with Crippen LogP contribution in [-0.2, 0) is 11.3 Å². The molecule has 0 heterocycles. The van der Waals surface area contributed by atoms with E-state index in [9.17, 15) is 4.79 Å². The molecule has 0 aliphatic carbocycles. The van der Waals surface area contributed by atoms with Gasteiger partial charge >= 0.3 is 0 Å². The van der Waals surface area contributed by atoms with Crippen molar-refractivity contribution < 1.29 is 4.79 Å². The van der Waals surface area contributed by atoms with E-state index in [1.165, 1.54) is 5.56 Å². The molecule has 0 saturated carbocycles. The monoisotopic (exact) mass is 263 g/mol. The summed E-state index contributed by atoms with van der Waals surface area (Å²) in [6, 6.07) is 7.96. The van der Waals surface area contributed by atoms with Crippen LogP contribution in [0.2, 0.25) is 0 Å². The summed E-state index contributed by atoms with van der Waals surface area (Å²) in [5, 5.41) is 2.87. The standard InChI is InChI=1S/C15H25N3O/c1-5-17-15(19)12(4)18(11(2)3)10-13-6-8-14(16)9-7-13/h6-9,11-12H,5,10,16H2,1-4H3,(H,17,19). The normalized spacial score (nSPS) is 12.7. The van der Waals surface area contributed by atoms with Gasteiger partial charge in [-0.25, -0.2) is 0 Å². The molecule has 1 unspecified atom stereocenters. The Labute approximate surface area is 116 Å². The Kier molecular flexibility index (Phi) is 5.83. The van der Waals surface area contributed by atoms with Crippen molar-refractivity contribution >= 4 is 11.6 Å². The van der Waals surface area contributed by atoms with Crippen LogP contribution in [0.4, 0.5) is 5.69 Å². The summed E-state index contributed by atoms with van der Waals surface area (Å²) < 4.78 is 0. The van der Waals surface area contributed by atoms with Crippen molar-refractivity contribution in [2.45, 2.75) is 46.3 Å². The van der Waals surface area contributed by atoms with Crippen LogP contribution in [0.5, 0.6) is 0 Å². The number of nitrogens with zero attached hydrogens (tertiary/aromatic N) is 1. The first kappa shape index (κ1) is 15.5. The third-order valence-corrected chi connectivity index (χ3v) is 3.24. The van der Waals surface area contributed by atoms with Crippen molar-refractivity contribution in [3.8, 4) is 0 Å². The first-order valence-corrected chi connectivity index (χ1v) is 6.83. The van der Waals surface area contributed by atoms with E-state index in [4.69, 9.17) is 5.73 Å². The number of nitrogens with one attached hydrogen (secondary N) is 1. The molecule has 0 saturated heterocycles. The predicted molar refractivity (Wildman–Crippen MR) is 79.7 cm³/mol. The van der Waals surface area contributed by atoms with E-state index in [1.807, 2.05) is 38.1 Å². The number of benzene rings is 1. The third-order valence-electron chi connectivity index (χ3n) is 3.24. The molecule has 19 heavy (non-hydrogen) atoms. The van der Waals surface area contributed by atoms with Crippen LogP contribution in [0.3, 0.4) is 0 Å². The third kappa shape index (κ3) is 4.56. The lowest BCUT2D eigenvalue weighted by molar-refractivity contribution is -0.126. The largest absolute Gasteiger partial charge is 0.399 e. The van der Waals surface area contributed by atoms with Gasteiger partial charge in [-0.2, -0.15) is 0 Å². The summed E-state index contributed by atoms with van der Waals surface area (Å²) in [5.41, 5.74) is 7.61. The Morgan fingerprint density at radius 1 is 1.26 bits per heavy atom. The minimum atomic E-state index is -0.141. The molecule has 1 rings (SSSR count). The lowest BCUT2D eigenvalue weighted by Crippen LogP contribution is -2.47. The highest BCUT2D eigenvalue weighted by atomic mass is 16.2. The maximum Gasteiger partial charge on any atom is 0.237 e. The van der Waals surface area contributed by atoms with Gasteiger partial charge in [-0.3, -0.25) is 9.69 Å². The molecule has 1 aromatic rings. The van der Waals surface area contributed by atoms with Crippen molar-refractivity contribution in [1.82, 2.24) is 10.2 Å². The molecule has 0 aliphatic heterocycles. The zero-order chi connectivity index (χ0) is 14.4. The van der Waals surface area contributed by atoms with Crippen LogP contribution in [0.15, 0.2) is 24.3 Å². The van der Waals surface area contributed by atoms with Gasteiger partial charge in [-0.05, 0) is 45.4 Å². The van der Waals surface area contributed by atoms with E-state index in [1.54, 1.807) is 0 Å². The number of nitrogens with two attached hydrogens (primary N) is 1. The number of hydrogen-bond acceptors (Lipinski definition) is 3. The minimum Gasteiger partial charge on any atom is -0.399 e. The molecule has 0 spiro atoms. The Morgan fingerprint density at radius 3 is 2.32 bits per heavy atom. The van der Waals surface area contributed by atoms with Crippen LogP contribution in [0.1, 0.15) is 33.3 Å². The number of nitrogen functional groups attached to an aromatic ring is 1. The topological polar surface area (TPSA) is 58.4 Å². The quantitative estimate of drug-likeness (QED) is 0.772. The van der Waals surface area contributed by atoms with Gasteiger partial charge in [0.05, 0.1) is 6.04 Å². The van der Waals surface area contributed by atoms with Gasteiger partial charge in [-0.1, -0.05) is 12.1 Å². The fourth-order valence-corrected chi connectivity index (χ4v) is 2.07. The maximum atomic E-state index is 12.0. The molecule has 0 fully saturated rings. The molecule has 0 aliphatic rings. The van der Waals surface area contributed by atoms with E-state index in [2.05, 4.69) is 24.1 Å². The molecule has 3 N–H and O–H groups in total. The minimum absolute atomic E-state index is 0.0756. The van der Waals surface area contributed by atoms with E-state index in [-0.39, 0.29) is 11.9 Å². The summed E-state index contributed by atoms with van der Waals surface area (Å²) in [6.45, 7) is 9.50. The SMILES string of the molecule is CCNC(=O)C(C)N(Cc1ccc(N)cc1)C(C)C. The van der Waals surface area contributed by atoms with Crippen molar-refractivity contribution in [3.05, 3.63) is 29.8 Å². The van der Waals surface area contributed by atoms with E-state index < -0.39 is 0 Å². The molecule has 0 radical (unpaired) electrons. The van der Waals surface area contributed by atoms with E-state index >= 15 is 0 Å². The van der Waals surface area contributed by atoms with Crippen molar-refractivity contribution in [2.24, 2.45) is 0 Å². The second-order valence-electron chi connectivity index (χ2n) is 5.08. The van der Waals surface area contributed by atoms with Crippen LogP contribution in [-0.4, -0.2) is 29.4 Å². The number of anilines is 1. The molecule has 1 atom stereocenters. The van der Waals surface area contributed by atoms with Crippen LogP contribution in [0.25, 0.3) is 0 Å². The smallest absolute Gasteiger partial charge is 0.237 e. The average Bonchev–Trinajstić information content (AvgIpc) is 2.37. The highest BCUT2D eigenvalue weighted by molar-refractivity contribution is 5.81. The van der Waals surface area contributed by atoms with Crippen molar-refractivity contribution in [3.63, 3.8) is 0 Å². The number of amides is 1. The Hall–Kier alpha value is -1.55. The Balaban J connectivity index is 2.77. The molecular weight excluding hydrogens is 238 g/mol. The van der Waals surface area contributed by atoms with Gasteiger partial charge in [0.15, 0.2) is 0 Å². The van der Waals surface area contributed by atoms with Gasteiger partial charge in [0.25, 0.3) is 0 Å². The zero-order valence-corrected chi connectivity index (χ0v) is 12.3. The number of hydrogen-bond donors (Lipinski definition) is 2. The van der Waals surface area contributed by atoms with Crippen molar-refractivity contribution in [2.75, 3.05) is 12.3 Å². The summed E-state index contributed by atoms with van der Waals surface area (Å²) in [7, 11) is 0. The van der Waals surface area contributed by atoms with Crippen molar-refractivity contribution in [1.29, 1.82) is 0 Å². The fraction of sp³-hybridized carbons (Fsp3) is 0.533. The van der Waals surface area contributed by atoms with Gasteiger partial charge in [0.2, 0.25) is 5.91 Å². The summed E-state index contributed by atoms with van der Waals surface area (Å²) >= 11 is 0. The molecular formula is C15H25N3O. The first-order chi connectivity index (χ1) is 8.95. The summed E-state index contributed by atoms with van der Waals surface area (Å²) in [5.74, 6) is 0.0756. The molecule has 4 heteroatoms. The highest BCUT2D eigenvalue weighted by Crippen LogP contribution is 2.14. The Bertz CT molecular complexity index is 400. The summed E-state index contributed by atoms with van der Waals surface area (Å²) in [4.78, 5) is 14.1. The molecule has 1 amide bonds. The maximum absolute atomic E-state index is 12.0. The number of rotatable bonds is 6. The molecule has 106 valence electrons.